The van der Waals surface area contributed by atoms with Crippen molar-refractivity contribution in [3.8, 4) is 11.5 Å². The zero-order chi connectivity index (χ0) is 19.4. The van der Waals surface area contributed by atoms with Crippen LogP contribution in [0.1, 0.15) is 5.56 Å². The van der Waals surface area contributed by atoms with Crippen LogP contribution in [0.3, 0.4) is 0 Å². The van der Waals surface area contributed by atoms with Crippen molar-refractivity contribution in [3.63, 3.8) is 0 Å². The van der Waals surface area contributed by atoms with Crippen LogP contribution in [0.5, 0.6) is 11.5 Å². The van der Waals surface area contributed by atoms with E-state index in [1.54, 1.807) is 0 Å². The summed E-state index contributed by atoms with van der Waals surface area (Å²) in [7, 11) is -3.98. The minimum absolute atomic E-state index is 0.0298. The second-order valence-corrected chi connectivity index (χ2v) is 7.40. The summed E-state index contributed by atoms with van der Waals surface area (Å²) in [4.78, 5) is 10.4. The van der Waals surface area contributed by atoms with E-state index in [2.05, 4.69) is 4.72 Å². The topological polar surface area (TPSA) is 98.5 Å². The maximum Gasteiger partial charge on any atom is 0.293 e. The van der Waals surface area contributed by atoms with Crippen LogP contribution in [0.25, 0.3) is 0 Å². The molecule has 3 aromatic rings. The van der Waals surface area contributed by atoms with Crippen molar-refractivity contribution in [2.75, 3.05) is 4.72 Å². The van der Waals surface area contributed by atoms with Crippen molar-refractivity contribution in [1.29, 1.82) is 0 Å². The number of nitrogens with one attached hydrogen (secondary N) is 1. The van der Waals surface area contributed by atoms with E-state index >= 15 is 0 Å². The van der Waals surface area contributed by atoms with Gasteiger partial charge in [0.25, 0.3) is 15.7 Å². The minimum Gasteiger partial charge on any atom is -0.457 e. The molecule has 1 N–H and O–H groups in total. The van der Waals surface area contributed by atoms with Gasteiger partial charge in [-0.05, 0) is 48.9 Å². The molecule has 0 fully saturated rings. The van der Waals surface area contributed by atoms with Crippen molar-refractivity contribution >= 4 is 21.4 Å². The molecule has 0 saturated carbocycles. The molecule has 0 aromatic heterocycles. The molecule has 0 aliphatic rings. The van der Waals surface area contributed by atoms with E-state index in [9.17, 15) is 18.5 Å². The van der Waals surface area contributed by atoms with Gasteiger partial charge in [0.05, 0.1) is 9.82 Å². The molecule has 0 spiro atoms. The Kier molecular flexibility index (Phi) is 5.09. The minimum atomic E-state index is -3.98. The summed E-state index contributed by atoms with van der Waals surface area (Å²) in [6, 6.07) is 18.8. The summed E-state index contributed by atoms with van der Waals surface area (Å²) in [5.74, 6) is 1.15. The Morgan fingerprint density at radius 2 is 1.56 bits per heavy atom. The van der Waals surface area contributed by atoms with Crippen LogP contribution in [-0.2, 0) is 10.0 Å². The summed E-state index contributed by atoms with van der Waals surface area (Å²) in [5, 5.41) is 11.0. The number of nitro benzene ring substituents is 1. The number of benzene rings is 3. The highest BCUT2D eigenvalue weighted by atomic mass is 32.2. The number of rotatable bonds is 6. The number of sulfonamides is 1. The molecule has 0 atom stereocenters. The van der Waals surface area contributed by atoms with Crippen LogP contribution in [0.15, 0.2) is 77.7 Å². The van der Waals surface area contributed by atoms with Crippen molar-refractivity contribution in [2.24, 2.45) is 0 Å². The van der Waals surface area contributed by atoms with Gasteiger partial charge in [0.2, 0.25) is 0 Å². The van der Waals surface area contributed by atoms with Crippen molar-refractivity contribution in [3.05, 3.63) is 88.5 Å². The van der Waals surface area contributed by atoms with Gasteiger partial charge in [0.15, 0.2) is 0 Å². The first kappa shape index (κ1) is 18.4. The zero-order valence-electron chi connectivity index (χ0n) is 14.3. The van der Waals surface area contributed by atoms with Crippen LogP contribution in [0, 0.1) is 17.0 Å². The number of anilines is 1. The van der Waals surface area contributed by atoms with Gasteiger partial charge in [-0.25, -0.2) is 8.42 Å². The van der Waals surface area contributed by atoms with Crippen LogP contribution in [0.2, 0.25) is 0 Å². The summed E-state index contributed by atoms with van der Waals surface area (Å²) < 4.78 is 33.0. The number of nitro groups is 1. The molecular weight excluding hydrogens is 368 g/mol. The molecule has 138 valence electrons. The molecule has 27 heavy (non-hydrogen) atoms. The first-order valence-electron chi connectivity index (χ1n) is 7.96. The van der Waals surface area contributed by atoms with Gasteiger partial charge in [0, 0.05) is 6.07 Å². The summed E-state index contributed by atoms with van der Waals surface area (Å²) in [6.07, 6.45) is 0. The quantitative estimate of drug-likeness (QED) is 0.498. The first-order valence-corrected chi connectivity index (χ1v) is 9.45. The third-order valence-corrected chi connectivity index (χ3v) is 5.18. The molecule has 0 unspecified atom stereocenters. The molecule has 0 radical (unpaired) electrons. The predicted octanol–water partition coefficient (Wildman–Crippen LogP) is 4.50. The molecular formula is C19H16N2O5S. The lowest BCUT2D eigenvalue weighted by Gasteiger charge is -2.11. The third kappa shape index (κ3) is 4.24. The summed E-state index contributed by atoms with van der Waals surface area (Å²) in [5.41, 5.74) is 0.538. The Hall–Kier alpha value is -3.39. The van der Waals surface area contributed by atoms with E-state index in [0.717, 1.165) is 5.56 Å². The van der Waals surface area contributed by atoms with E-state index < -0.39 is 14.9 Å². The highest BCUT2D eigenvalue weighted by Gasteiger charge is 2.20. The summed E-state index contributed by atoms with van der Waals surface area (Å²) in [6.45, 7) is 1.91. The van der Waals surface area contributed by atoms with Gasteiger partial charge in [-0.3, -0.25) is 14.8 Å². The van der Waals surface area contributed by atoms with Gasteiger partial charge < -0.3 is 4.74 Å². The lowest BCUT2D eigenvalue weighted by atomic mass is 10.2. The van der Waals surface area contributed by atoms with Gasteiger partial charge in [-0.15, -0.1) is 0 Å². The Labute approximate surface area is 156 Å². The smallest absolute Gasteiger partial charge is 0.293 e. The number of ether oxygens (including phenoxy) is 1. The Bertz CT molecular complexity index is 1080. The lowest BCUT2D eigenvalue weighted by molar-refractivity contribution is -0.383. The fraction of sp³-hybridized carbons (Fsp3) is 0.0526. The highest BCUT2D eigenvalue weighted by molar-refractivity contribution is 7.92. The maximum absolute atomic E-state index is 12.5. The Morgan fingerprint density at radius 3 is 2.22 bits per heavy atom. The second kappa shape index (κ2) is 7.46. The van der Waals surface area contributed by atoms with E-state index in [1.807, 2.05) is 31.2 Å². The number of aryl methyl sites for hydroxylation is 1. The average molecular weight is 384 g/mol. The maximum atomic E-state index is 12.5. The van der Waals surface area contributed by atoms with Gasteiger partial charge in [-0.1, -0.05) is 30.3 Å². The number of para-hydroxylation sites is 3. The molecule has 3 rings (SSSR count). The normalized spacial score (nSPS) is 11.0. The predicted molar refractivity (Wildman–Crippen MR) is 102 cm³/mol. The number of nitrogens with zero attached hydrogens (tertiary/aromatic N) is 1. The van der Waals surface area contributed by atoms with E-state index in [1.165, 1.54) is 48.5 Å². The van der Waals surface area contributed by atoms with E-state index in [4.69, 9.17) is 4.74 Å². The van der Waals surface area contributed by atoms with E-state index in [-0.39, 0.29) is 16.3 Å². The van der Waals surface area contributed by atoms with Crippen LogP contribution >= 0.6 is 0 Å². The molecule has 8 heteroatoms. The zero-order valence-corrected chi connectivity index (χ0v) is 15.1. The SMILES string of the molecule is Cc1ccccc1Oc1ccc(S(=O)(=O)Nc2ccccc2[N+](=O)[O-])cc1. The van der Waals surface area contributed by atoms with Crippen LogP contribution in [-0.4, -0.2) is 13.3 Å². The fourth-order valence-corrected chi connectivity index (χ4v) is 3.48. The van der Waals surface area contributed by atoms with Gasteiger partial charge >= 0.3 is 0 Å². The molecule has 0 heterocycles. The second-order valence-electron chi connectivity index (χ2n) is 5.72. The molecule has 3 aromatic carbocycles. The Balaban J connectivity index is 1.82. The molecule has 0 saturated heterocycles. The molecule has 0 bridgehead atoms. The summed E-state index contributed by atoms with van der Waals surface area (Å²) >= 11 is 0. The van der Waals surface area contributed by atoms with Crippen molar-refractivity contribution in [2.45, 2.75) is 11.8 Å². The number of hydrogen-bond acceptors (Lipinski definition) is 5. The largest absolute Gasteiger partial charge is 0.457 e. The molecule has 0 aliphatic carbocycles. The standard InChI is InChI=1S/C19H16N2O5S/c1-14-6-2-5-9-19(14)26-15-10-12-16(13-11-15)27(24,25)20-17-7-3-4-8-18(17)21(22)23/h2-13,20H,1H3. The lowest BCUT2D eigenvalue weighted by Crippen LogP contribution is -2.13. The van der Waals surface area contributed by atoms with Gasteiger partial charge in [0.1, 0.15) is 17.2 Å². The van der Waals surface area contributed by atoms with E-state index in [0.29, 0.717) is 11.5 Å². The van der Waals surface area contributed by atoms with Gasteiger partial charge in [-0.2, -0.15) is 0 Å². The van der Waals surface area contributed by atoms with Crippen LogP contribution < -0.4 is 9.46 Å². The van der Waals surface area contributed by atoms with Crippen molar-refractivity contribution in [1.82, 2.24) is 0 Å². The highest BCUT2D eigenvalue weighted by Crippen LogP contribution is 2.28. The third-order valence-electron chi connectivity index (χ3n) is 3.80. The molecule has 0 amide bonds. The monoisotopic (exact) mass is 384 g/mol. The number of hydrogen-bond donors (Lipinski definition) is 1. The Morgan fingerprint density at radius 1 is 0.926 bits per heavy atom. The molecule has 0 aliphatic heterocycles. The molecule has 7 nitrogen and oxygen atoms in total. The van der Waals surface area contributed by atoms with Crippen molar-refractivity contribution < 1.29 is 18.1 Å². The first-order chi connectivity index (χ1) is 12.9. The fourth-order valence-electron chi connectivity index (χ4n) is 2.41. The average Bonchev–Trinajstić information content (AvgIpc) is 2.64. The van der Waals surface area contributed by atoms with Crippen LogP contribution in [0.4, 0.5) is 11.4 Å².